The maximum Gasteiger partial charge on any atom is 0.133 e. The standard InChI is InChI=1S/C10H17NO3/c1-2-12-6-7-14-10(8-11)9-4-3-5-13-9/h3-5,10H,2,6-8,11H2,1H3. The van der Waals surface area contributed by atoms with Crippen LogP contribution in [0.15, 0.2) is 22.8 Å². The number of furan rings is 1. The summed E-state index contributed by atoms with van der Waals surface area (Å²) in [7, 11) is 0. The van der Waals surface area contributed by atoms with Crippen molar-refractivity contribution in [2.24, 2.45) is 5.73 Å². The van der Waals surface area contributed by atoms with E-state index in [1.54, 1.807) is 6.26 Å². The number of rotatable bonds is 7. The quantitative estimate of drug-likeness (QED) is 0.673. The fourth-order valence-electron chi connectivity index (χ4n) is 1.13. The molecule has 4 nitrogen and oxygen atoms in total. The second-order valence-corrected chi connectivity index (χ2v) is 2.81. The van der Waals surface area contributed by atoms with E-state index in [0.717, 1.165) is 5.76 Å². The van der Waals surface area contributed by atoms with Crippen molar-refractivity contribution in [3.63, 3.8) is 0 Å². The maximum atomic E-state index is 5.55. The van der Waals surface area contributed by atoms with Crippen LogP contribution in [0.4, 0.5) is 0 Å². The predicted molar refractivity (Wildman–Crippen MR) is 52.9 cm³/mol. The van der Waals surface area contributed by atoms with E-state index in [1.165, 1.54) is 0 Å². The van der Waals surface area contributed by atoms with Crippen LogP contribution in [0, 0.1) is 0 Å². The molecule has 0 bridgehead atoms. The molecule has 1 rings (SSSR count). The molecule has 1 unspecified atom stereocenters. The smallest absolute Gasteiger partial charge is 0.133 e. The van der Waals surface area contributed by atoms with Crippen LogP contribution in [0.1, 0.15) is 18.8 Å². The number of hydrogen-bond acceptors (Lipinski definition) is 4. The molecule has 80 valence electrons. The molecule has 1 aromatic heterocycles. The third kappa shape index (κ3) is 3.49. The third-order valence-corrected chi connectivity index (χ3v) is 1.83. The van der Waals surface area contributed by atoms with Crippen LogP contribution in [0.3, 0.4) is 0 Å². The lowest BCUT2D eigenvalue weighted by molar-refractivity contribution is 0.00158. The van der Waals surface area contributed by atoms with E-state index in [9.17, 15) is 0 Å². The second kappa shape index (κ2) is 6.59. The number of ether oxygens (including phenoxy) is 2. The Balaban J connectivity index is 2.26. The summed E-state index contributed by atoms with van der Waals surface area (Å²) >= 11 is 0. The van der Waals surface area contributed by atoms with Crippen molar-refractivity contribution in [2.45, 2.75) is 13.0 Å². The Morgan fingerprint density at radius 2 is 2.36 bits per heavy atom. The first-order valence-corrected chi connectivity index (χ1v) is 4.81. The Hall–Kier alpha value is -0.840. The van der Waals surface area contributed by atoms with Crippen molar-refractivity contribution >= 4 is 0 Å². The molecule has 14 heavy (non-hydrogen) atoms. The van der Waals surface area contributed by atoms with Crippen molar-refractivity contribution in [2.75, 3.05) is 26.4 Å². The van der Waals surface area contributed by atoms with Gasteiger partial charge in [0.1, 0.15) is 11.9 Å². The monoisotopic (exact) mass is 199 g/mol. The second-order valence-electron chi connectivity index (χ2n) is 2.81. The molecule has 0 aliphatic rings. The van der Waals surface area contributed by atoms with Crippen LogP contribution in [-0.2, 0) is 9.47 Å². The lowest BCUT2D eigenvalue weighted by Gasteiger charge is -2.13. The van der Waals surface area contributed by atoms with Gasteiger partial charge in [-0.05, 0) is 19.1 Å². The van der Waals surface area contributed by atoms with Crippen molar-refractivity contribution in [3.05, 3.63) is 24.2 Å². The summed E-state index contributed by atoms with van der Waals surface area (Å²) in [6.07, 6.45) is 1.45. The largest absolute Gasteiger partial charge is 0.467 e. The van der Waals surface area contributed by atoms with Crippen LogP contribution in [0.5, 0.6) is 0 Å². The van der Waals surface area contributed by atoms with Crippen LogP contribution < -0.4 is 5.73 Å². The van der Waals surface area contributed by atoms with Gasteiger partial charge in [0, 0.05) is 13.2 Å². The molecule has 0 amide bonds. The number of nitrogens with two attached hydrogens (primary N) is 1. The van der Waals surface area contributed by atoms with E-state index in [2.05, 4.69) is 0 Å². The zero-order chi connectivity index (χ0) is 10.2. The fourth-order valence-corrected chi connectivity index (χ4v) is 1.13. The SMILES string of the molecule is CCOCCOC(CN)c1ccco1. The Kier molecular flexibility index (Phi) is 5.29. The first-order valence-electron chi connectivity index (χ1n) is 4.81. The minimum atomic E-state index is -0.162. The van der Waals surface area contributed by atoms with E-state index in [4.69, 9.17) is 19.6 Å². The first kappa shape index (κ1) is 11.2. The molecule has 0 aromatic carbocycles. The minimum absolute atomic E-state index is 0.162. The Morgan fingerprint density at radius 1 is 1.50 bits per heavy atom. The fraction of sp³-hybridized carbons (Fsp3) is 0.600. The minimum Gasteiger partial charge on any atom is -0.467 e. The highest BCUT2D eigenvalue weighted by Gasteiger charge is 2.11. The average Bonchev–Trinajstić information content (AvgIpc) is 2.71. The van der Waals surface area contributed by atoms with E-state index < -0.39 is 0 Å². The molecule has 1 atom stereocenters. The van der Waals surface area contributed by atoms with Gasteiger partial charge in [-0.25, -0.2) is 0 Å². The first-order chi connectivity index (χ1) is 6.88. The zero-order valence-electron chi connectivity index (χ0n) is 8.44. The van der Waals surface area contributed by atoms with Gasteiger partial charge in [-0.3, -0.25) is 0 Å². The highest BCUT2D eigenvalue weighted by atomic mass is 16.5. The summed E-state index contributed by atoms with van der Waals surface area (Å²) in [5.41, 5.74) is 5.55. The molecular weight excluding hydrogens is 182 g/mol. The van der Waals surface area contributed by atoms with Gasteiger partial charge in [0.2, 0.25) is 0 Å². The molecule has 4 heteroatoms. The molecule has 0 saturated heterocycles. The maximum absolute atomic E-state index is 5.55. The molecule has 2 N–H and O–H groups in total. The Labute approximate surface area is 84.0 Å². The molecule has 0 aliphatic carbocycles. The molecule has 0 radical (unpaired) electrons. The van der Waals surface area contributed by atoms with Crippen molar-refractivity contribution in [1.29, 1.82) is 0 Å². The van der Waals surface area contributed by atoms with E-state index in [-0.39, 0.29) is 6.10 Å². The topological polar surface area (TPSA) is 57.6 Å². The summed E-state index contributed by atoms with van der Waals surface area (Å²) < 4.78 is 15.8. The Morgan fingerprint density at radius 3 is 2.93 bits per heavy atom. The molecule has 0 spiro atoms. The zero-order valence-corrected chi connectivity index (χ0v) is 8.44. The predicted octanol–water partition coefficient (Wildman–Crippen LogP) is 1.33. The van der Waals surface area contributed by atoms with Gasteiger partial charge in [-0.15, -0.1) is 0 Å². The van der Waals surface area contributed by atoms with Gasteiger partial charge in [0.05, 0.1) is 19.5 Å². The van der Waals surface area contributed by atoms with E-state index >= 15 is 0 Å². The van der Waals surface area contributed by atoms with Gasteiger partial charge in [-0.2, -0.15) is 0 Å². The molecule has 0 saturated carbocycles. The van der Waals surface area contributed by atoms with Gasteiger partial charge >= 0.3 is 0 Å². The molecule has 0 aliphatic heterocycles. The summed E-state index contributed by atoms with van der Waals surface area (Å²) in [5.74, 6) is 0.768. The molecule has 0 fully saturated rings. The van der Waals surface area contributed by atoms with Gasteiger partial charge < -0.3 is 19.6 Å². The van der Waals surface area contributed by atoms with Gasteiger partial charge in [0.15, 0.2) is 0 Å². The van der Waals surface area contributed by atoms with E-state index in [1.807, 2.05) is 19.1 Å². The van der Waals surface area contributed by atoms with Crippen molar-refractivity contribution in [3.8, 4) is 0 Å². The Bertz CT molecular complexity index is 223. The van der Waals surface area contributed by atoms with Crippen LogP contribution in [0.2, 0.25) is 0 Å². The van der Waals surface area contributed by atoms with Gasteiger partial charge in [-0.1, -0.05) is 0 Å². The van der Waals surface area contributed by atoms with Crippen LogP contribution >= 0.6 is 0 Å². The third-order valence-electron chi connectivity index (χ3n) is 1.83. The highest BCUT2D eigenvalue weighted by Crippen LogP contribution is 2.15. The van der Waals surface area contributed by atoms with Gasteiger partial charge in [0.25, 0.3) is 0 Å². The normalized spacial score (nSPS) is 13.0. The molecule has 1 heterocycles. The summed E-state index contributed by atoms with van der Waals surface area (Å²) in [5, 5.41) is 0. The van der Waals surface area contributed by atoms with Crippen LogP contribution in [0.25, 0.3) is 0 Å². The van der Waals surface area contributed by atoms with Crippen LogP contribution in [-0.4, -0.2) is 26.4 Å². The average molecular weight is 199 g/mol. The lowest BCUT2D eigenvalue weighted by Crippen LogP contribution is -2.17. The van der Waals surface area contributed by atoms with Crippen molar-refractivity contribution in [1.82, 2.24) is 0 Å². The molecule has 1 aromatic rings. The summed E-state index contributed by atoms with van der Waals surface area (Å²) in [6, 6.07) is 3.68. The summed E-state index contributed by atoms with van der Waals surface area (Å²) in [6.45, 7) is 4.20. The van der Waals surface area contributed by atoms with E-state index in [0.29, 0.717) is 26.4 Å². The lowest BCUT2D eigenvalue weighted by atomic mass is 10.3. The van der Waals surface area contributed by atoms with Crippen molar-refractivity contribution < 1.29 is 13.9 Å². The highest BCUT2D eigenvalue weighted by molar-refractivity contribution is 5.02. The summed E-state index contributed by atoms with van der Waals surface area (Å²) in [4.78, 5) is 0. The number of hydrogen-bond donors (Lipinski definition) is 1. The molecular formula is C10H17NO3.